The second kappa shape index (κ2) is 9.25. The van der Waals surface area contributed by atoms with E-state index in [1.165, 1.54) is 0 Å². The van der Waals surface area contributed by atoms with Gasteiger partial charge in [0.15, 0.2) is 0 Å². The largest absolute Gasteiger partial charge is 0.481 e. The summed E-state index contributed by atoms with van der Waals surface area (Å²) in [6.07, 6.45) is 1.59. The average Bonchev–Trinajstić information content (AvgIpc) is 3.40. The number of ether oxygens (including phenoxy) is 1. The topological polar surface area (TPSA) is 105 Å². The van der Waals surface area contributed by atoms with Crippen LogP contribution in [0.5, 0.6) is 0 Å². The monoisotopic (exact) mass is 450 g/mol. The van der Waals surface area contributed by atoms with Gasteiger partial charge in [0.2, 0.25) is 5.91 Å². The molecule has 2 amide bonds. The number of aliphatic carboxylic acids is 1. The highest BCUT2D eigenvalue weighted by Gasteiger charge is 2.40. The molecule has 1 unspecified atom stereocenters. The summed E-state index contributed by atoms with van der Waals surface area (Å²) < 4.78 is 5.59. The molecule has 3 N–H and O–H groups in total. The van der Waals surface area contributed by atoms with Crippen LogP contribution < -0.4 is 10.6 Å². The summed E-state index contributed by atoms with van der Waals surface area (Å²) in [5.74, 6) is -1.96. The Kier molecular flexibility index (Phi) is 6.40. The fourth-order valence-electron chi connectivity index (χ4n) is 4.92. The maximum absolute atomic E-state index is 13.0. The van der Waals surface area contributed by atoms with Crippen molar-refractivity contribution in [3.05, 3.63) is 59.7 Å². The average molecular weight is 451 g/mol. The molecule has 2 aliphatic rings. The highest BCUT2D eigenvalue weighted by atomic mass is 16.5. The van der Waals surface area contributed by atoms with Crippen LogP contribution >= 0.6 is 0 Å². The highest BCUT2D eigenvalue weighted by Crippen LogP contribution is 2.44. The molecule has 0 radical (unpaired) electrons. The molecule has 2 aliphatic carbocycles. The van der Waals surface area contributed by atoms with Gasteiger partial charge in [-0.3, -0.25) is 9.59 Å². The lowest BCUT2D eigenvalue weighted by molar-refractivity contribution is -0.142. The molecule has 7 nitrogen and oxygen atoms in total. The van der Waals surface area contributed by atoms with Gasteiger partial charge in [-0.2, -0.15) is 0 Å². The fraction of sp³-hybridized carbons (Fsp3) is 0.423. The summed E-state index contributed by atoms with van der Waals surface area (Å²) in [4.78, 5) is 37.1. The second-order valence-corrected chi connectivity index (χ2v) is 9.09. The minimum absolute atomic E-state index is 0.0697. The van der Waals surface area contributed by atoms with Crippen LogP contribution in [0, 0.1) is 5.92 Å². The van der Waals surface area contributed by atoms with Crippen LogP contribution in [0.2, 0.25) is 0 Å². The number of hydrogen-bond donors (Lipinski definition) is 3. The number of carboxylic acid groups (broad SMARTS) is 1. The van der Waals surface area contributed by atoms with Gasteiger partial charge in [-0.1, -0.05) is 61.9 Å². The van der Waals surface area contributed by atoms with Crippen LogP contribution in [0.1, 0.15) is 56.6 Å². The van der Waals surface area contributed by atoms with Gasteiger partial charge in [0.05, 0.1) is 5.92 Å². The molecule has 1 saturated carbocycles. The van der Waals surface area contributed by atoms with Crippen LogP contribution in [-0.2, 0) is 14.3 Å². The SMILES string of the molecule is CCC(C)(NC(=O)OCC1c2ccccc2-c2ccccc21)C(=O)N[C@@H]1CCC[C@@H]1C(=O)O. The molecule has 0 bridgehead atoms. The van der Waals surface area contributed by atoms with Gasteiger partial charge < -0.3 is 20.5 Å². The van der Waals surface area contributed by atoms with E-state index in [-0.39, 0.29) is 12.5 Å². The molecule has 0 heterocycles. The smallest absolute Gasteiger partial charge is 0.408 e. The molecule has 1 fully saturated rings. The van der Waals surface area contributed by atoms with E-state index in [9.17, 15) is 19.5 Å². The quantitative estimate of drug-likeness (QED) is 0.590. The lowest BCUT2D eigenvalue weighted by atomic mass is 9.96. The van der Waals surface area contributed by atoms with Gasteiger partial charge >= 0.3 is 12.1 Å². The number of rotatable bonds is 7. The Bertz CT molecular complexity index is 1020. The predicted molar refractivity (Wildman–Crippen MR) is 124 cm³/mol. The molecule has 0 aromatic heterocycles. The maximum atomic E-state index is 13.0. The van der Waals surface area contributed by atoms with Gasteiger partial charge in [-0.15, -0.1) is 0 Å². The molecule has 7 heteroatoms. The number of carbonyl (C=O) groups excluding carboxylic acids is 2. The molecule has 2 aromatic rings. The molecule has 174 valence electrons. The lowest BCUT2D eigenvalue weighted by Gasteiger charge is -2.30. The zero-order valence-electron chi connectivity index (χ0n) is 19.0. The van der Waals surface area contributed by atoms with Crippen molar-refractivity contribution in [2.75, 3.05) is 6.61 Å². The number of carbonyl (C=O) groups is 3. The predicted octanol–water partition coefficient (Wildman–Crippen LogP) is 4.06. The highest BCUT2D eigenvalue weighted by molar-refractivity contribution is 5.90. The zero-order chi connectivity index (χ0) is 23.6. The van der Waals surface area contributed by atoms with E-state index in [1.807, 2.05) is 36.4 Å². The van der Waals surface area contributed by atoms with Crippen LogP contribution in [0.3, 0.4) is 0 Å². The lowest BCUT2D eigenvalue weighted by Crippen LogP contribution is -2.59. The number of nitrogens with one attached hydrogen (secondary N) is 2. The van der Waals surface area contributed by atoms with Gasteiger partial charge in [-0.05, 0) is 48.4 Å². The molecular formula is C26H30N2O5. The van der Waals surface area contributed by atoms with Crippen molar-refractivity contribution >= 4 is 18.0 Å². The first-order valence-electron chi connectivity index (χ1n) is 11.5. The summed E-state index contributed by atoms with van der Waals surface area (Å²) in [5.41, 5.74) is 3.31. The van der Waals surface area contributed by atoms with E-state index in [1.54, 1.807) is 13.8 Å². The zero-order valence-corrected chi connectivity index (χ0v) is 19.0. The number of hydrogen-bond acceptors (Lipinski definition) is 4. The molecule has 0 saturated heterocycles. The first-order chi connectivity index (χ1) is 15.8. The van der Waals surface area contributed by atoms with E-state index in [0.29, 0.717) is 19.3 Å². The Hall–Kier alpha value is -3.35. The van der Waals surface area contributed by atoms with Crippen molar-refractivity contribution in [1.82, 2.24) is 10.6 Å². The molecule has 0 spiro atoms. The van der Waals surface area contributed by atoms with Gasteiger partial charge in [0.1, 0.15) is 12.1 Å². The van der Waals surface area contributed by atoms with E-state index in [4.69, 9.17) is 4.74 Å². The van der Waals surface area contributed by atoms with E-state index < -0.39 is 35.5 Å². The van der Waals surface area contributed by atoms with E-state index in [0.717, 1.165) is 28.7 Å². The van der Waals surface area contributed by atoms with E-state index in [2.05, 4.69) is 22.8 Å². The van der Waals surface area contributed by atoms with Gasteiger partial charge in [0.25, 0.3) is 0 Å². The number of amides is 2. The third kappa shape index (κ3) is 4.45. The van der Waals surface area contributed by atoms with Crippen LogP contribution in [0.25, 0.3) is 11.1 Å². The van der Waals surface area contributed by atoms with Crippen molar-refractivity contribution in [3.8, 4) is 11.1 Å². The Morgan fingerprint density at radius 3 is 2.21 bits per heavy atom. The third-order valence-electron chi connectivity index (χ3n) is 7.08. The molecule has 3 atom stereocenters. The number of fused-ring (bicyclic) bond motifs is 3. The third-order valence-corrected chi connectivity index (χ3v) is 7.08. The minimum Gasteiger partial charge on any atom is -0.481 e. The van der Waals surface area contributed by atoms with E-state index >= 15 is 0 Å². The fourth-order valence-corrected chi connectivity index (χ4v) is 4.92. The maximum Gasteiger partial charge on any atom is 0.408 e. The van der Waals surface area contributed by atoms with Gasteiger partial charge in [0, 0.05) is 12.0 Å². The minimum atomic E-state index is -1.20. The first-order valence-corrected chi connectivity index (χ1v) is 11.5. The molecule has 2 aromatic carbocycles. The Balaban J connectivity index is 1.40. The summed E-state index contributed by atoms with van der Waals surface area (Å²) in [7, 11) is 0. The summed E-state index contributed by atoms with van der Waals surface area (Å²) in [6, 6.07) is 15.8. The Morgan fingerprint density at radius 1 is 1.03 bits per heavy atom. The van der Waals surface area contributed by atoms with Crippen molar-refractivity contribution in [1.29, 1.82) is 0 Å². The van der Waals surface area contributed by atoms with Crippen molar-refractivity contribution in [3.63, 3.8) is 0 Å². The number of carboxylic acids is 1. The van der Waals surface area contributed by atoms with Crippen LogP contribution in [-0.4, -0.2) is 41.3 Å². The number of alkyl carbamates (subject to hydrolysis) is 1. The standard InChI is InChI=1S/C26H30N2O5/c1-3-26(2,24(31)27-22-14-8-13-20(22)23(29)30)28-25(32)33-15-21-18-11-6-4-9-16(18)17-10-5-7-12-19(17)21/h4-7,9-12,20-22H,3,8,13-15H2,1-2H3,(H,27,31)(H,28,32)(H,29,30)/t20-,22+,26?/m0/s1. The first kappa shape index (κ1) is 22.8. The van der Waals surface area contributed by atoms with Gasteiger partial charge in [-0.25, -0.2) is 4.79 Å². The Labute approximate surface area is 193 Å². The summed E-state index contributed by atoms with van der Waals surface area (Å²) in [5, 5.41) is 14.9. The Morgan fingerprint density at radius 2 is 1.64 bits per heavy atom. The van der Waals surface area contributed by atoms with Crippen molar-refractivity contribution < 1.29 is 24.2 Å². The van der Waals surface area contributed by atoms with Crippen molar-refractivity contribution in [2.24, 2.45) is 5.92 Å². The van der Waals surface area contributed by atoms with Crippen LogP contribution in [0.15, 0.2) is 48.5 Å². The van der Waals surface area contributed by atoms with Crippen molar-refractivity contribution in [2.45, 2.75) is 57.0 Å². The summed E-state index contributed by atoms with van der Waals surface area (Å²) in [6.45, 7) is 3.59. The molecule has 0 aliphatic heterocycles. The number of benzene rings is 2. The molecule has 33 heavy (non-hydrogen) atoms. The second-order valence-electron chi connectivity index (χ2n) is 9.09. The summed E-state index contributed by atoms with van der Waals surface area (Å²) >= 11 is 0. The normalized spacial score (nSPS) is 20.9. The molecular weight excluding hydrogens is 420 g/mol. The van der Waals surface area contributed by atoms with Crippen LogP contribution in [0.4, 0.5) is 4.79 Å². The molecule has 4 rings (SSSR count).